The normalized spacial score (nSPS) is 23.6. The SMILES string of the molecule is CCSC1CCC(NC(=O)C(N)c2ccc(C)cc2)C1. The van der Waals surface area contributed by atoms with Crippen LogP contribution < -0.4 is 11.1 Å². The highest BCUT2D eigenvalue weighted by Crippen LogP contribution is 2.29. The molecule has 0 heterocycles. The van der Waals surface area contributed by atoms with Crippen LogP contribution in [0.3, 0.4) is 0 Å². The van der Waals surface area contributed by atoms with Crippen molar-refractivity contribution in [2.45, 2.75) is 50.4 Å². The molecule has 0 saturated heterocycles. The van der Waals surface area contributed by atoms with Crippen molar-refractivity contribution in [2.24, 2.45) is 5.73 Å². The molecule has 0 aliphatic heterocycles. The lowest BCUT2D eigenvalue weighted by molar-refractivity contribution is -0.123. The molecule has 1 aromatic carbocycles. The Bertz CT molecular complexity index is 446. The lowest BCUT2D eigenvalue weighted by atomic mass is 10.0. The van der Waals surface area contributed by atoms with Gasteiger partial charge in [0.15, 0.2) is 0 Å². The van der Waals surface area contributed by atoms with E-state index >= 15 is 0 Å². The molecule has 2 rings (SSSR count). The van der Waals surface area contributed by atoms with Crippen molar-refractivity contribution in [3.8, 4) is 0 Å². The lowest BCUT2D eigenvalue weighted by Crippen LogP contribution is -2.39. The van der Waals surface area contributed by atoms with Crippen LogP contribution in [0, 0.1) is 6.92 Å². The second-order valence-electron chi connectivity index (χ2n) is 5.48. The number of aryl methyl sites for hydroxylation is 1. The predicted octanol–water partition coefficient (Wildman–Crippen LogP) is 2.79. The smallest absolute Gasteiger partial charge is 0.241 e. The summed E-state index contributed by atoms with van der Waals surface area (Å²) in [7, 11) is 0. The van der Waals surface area contributed by atoms with E-state index in [1.165, 1.54) is 12.0 Å². The van der Waals surface area contributed by atoms with E-state index in [4.69, 9.17) is 5.73 Å². The summed E-state index contributed by atoms with van der Waals surface area (Å²) in [6, 6.07) is 7.59. The van der Waals surface area contributed by atoms with Gasteiger partial charge < -0.3 is 11.1 Å². The molecular weight excluding hydrogens is 268 g/mol. The number of nitrogens with one attached hydrogen (secondary N) is 1. The summed E-state index contributed by atoms with van der Waals surface area (Å²) in [6.45, 7) is 4.21. The fraction of sp³-hybridized carbons (Fsp3) is 0.562. The third-order valence-corrected chi connectivity index (χ3v) is 5.09. The first kappa shape index (κ1) is 15.4. The van der Waals surface area contributed by atoms with Crippen molar-refractivity contribution in [1.82, 2.24) is 5.32 Å². The number of hydrogen-bond donors (Lipinski definition) is 2. The fourth-order valence-corrected chi connectivity index (χ4v) is 3.82. The van der Waals surface area contributed by atoms with Crippen LogP contribution >= 0.6 is 11.8 Å². The second-order valence-corrected chi connectivity index (χ2v) is 7.06. The van der Waals surface area contributed by atoms with Gasteiger partial charge in [-0.25, -0.2) is 0 Å². The molecule has 3 N–H and O–H groups in total. The van der Waals surface area contributed by atoms with Gasteiger partial charge in [0.1, 0.15) is 6.04 Å². The number of carbonyl (C=O) groups excluding carboxylic acids is 1. The molecule has 1 aromatic rings. The van der Waals surface area contributed by atoms with Crippen LogP contribution in [0.1, 0.15) is 43.4 Å². The molecule has 0 bridgehead atoms. The van der Waals surface area contributed by atoms with Crippen LogP contribution in [-0.2, 0) is 4.79 Å². The highest BCUT2D eigenvalue weighted by molar-refractivity contribution is 7.99. The molecule has 110 valence electrons. The first-order valence-corrected chi connectivity index (χ1v) is 8.39. The Morgan fingerprint density at radius 1 is 1.40 bits per heavy atom. The lowest BCUT2D eigenvalue weighted by Gasteiger charge is -2.17. The maximum atomic E-state index is 12.2. The number of rotatable bonds is 5. The first-order chi connectivity index (χ1) is 9.60. The number of nitrogens with two attached hydrogens (primary N) is 1. The van der Waals surface area contributed by atoms with Crippen LogP contribution in [-0.4, -0.2) is 23.0 Å². The van der Waals surface area contributed by atoms with E-state index in [1.807, 2.05) is 43.0 Å². The topological polar surface area (TPSA) is 55.1 Å². The van der Waals surface area contributed by atoms with E-state index < -0.39 is 6.04 Å². The van der Waals surface area contributed by atoms with Crippen LogP contribution in [0.5, 0.6) is 0 Å². The molecule has 1 amide bonds. The summed E-state index contributed by atoms with van der Waals surface area (Å²) < 4.78 is 0. The summed E-state index contributed by atoms with van der Waals surface area (Å²) in [5, 5.41) is 3.80. The van der Waals surface area contributed by atoms with Gasteiger partial charge >= 0.3 is 0 Å². The molecule has 0 radical (unpaired) electrons. The van der Waals surface area contributed by atoms with Crippen molar-refractivity contribution < 1.29 is 4.79 Å². The van der Waals surface area contributed by atoms with Crippen molar-refractivity contribution in [1.29, 1.82) is 0 Å². The Kier molecular flexibility index (Phi) is 5.49. The molecule has 3 unspecified atom stereocenters. The molecule has 0 aromatic heterocycles. The molecule has 4 heteroatoms. The van der Waals surface area contributed by atoms with Crippen molar-refractivity contribution >= 4 is 17.7 Å². The largest absolute Gasteiger partial charge is 0.352 e. The van der Waals surface area contributed by atoms with Crippen LogP contribution in [0.25, 0.3) is 0 Å². The summed E-state index contributed by atoms with van der Waals surface area (Å²) in [4.78, 5) is 12.2. The minimum atomic E-state index is -0.562. The number of carbonyl (C=O) groups is 1. The van der Waals surface area contributed by atoms with E-state index in [0.29, 0.717) is 11.3 Å². The maximum absolute atomic E-state index is 12.2. The zero-order valence-electron chi connectivity index (χ0n) is 12.3. The molecular formula is C16H24N2OS. The number of amides is 1. The monoisotopic (exact) mass is 292 g/mol. The summed E-state index contributed by atoms with van der Waals surface area (Å²) in [5.41, 5.74) is 8.10. The van der Waals surface area contributed by atoms with Gasteiger partial charge in [0.05, 0.1) is 0 Å². The van der Waals surface area contributed by atoms with Crippen molar-refractivity contribution in [2.75, 3.05) is 5.75 Å². The Morgan fingerprint density at radius 3 is 2.75 bits per heavy atom. The zero-order chi connectivity index (χ0) is 14.5. The number of hydrogen-bond acceptors (Lipinski definition) is 3. The highest BCUT2D eigenvalue weighted by atomic mass is 32.2. The first-order valence-electron chi connectivity index (χ1n) is 7.34. The highest BCUT2D eigenvalue weighted by Gasteiger charge is 2.27. The third kappa shape index (κ3) is 4.00. The molecule has 20 heavy (non-hydrogen) atoms. The Hall–Kier alpha value is -1.00. The standard InChI is InChI=1S/C16H24N2OS/c1-3-20-14-9-8-13(10-14)18-16(19)15(17)12-6-4-11(2)5-7-12/h4-7,13-15H,3,8-10,17H2,1-2H3,(H,18,19). The average Bonchev–Trinajstić information content (AvgIpc) is 2.86. The number of benzene rings is 1. The summed E-state index contributed by atoms with van der Waals surface area (Å²) >= 11 is 1.99. The van der Waals surface area contributed by atoms with Gasteiger partial charge in [0.2, 0.25) is 5.91 Å². The Morgan fingerprint density at radius 2 is 2.10 bits per heavy atom. The van der Waals surface area contributed by atoms with Crippen LogP contribution in [0.2, 0.25) is 0 Å². The zero-order valence-corrected chi connectivity index (χ0v) is 13.1. The van der Waals surface area contributed by atoms with E-state index in [2.05, 4.69) is 12.2 Å². The van der Waals surface area contributed by atoms with Crippen LogP contribution in [0.15, 0.2) is 24.3 Å². The average molecular weight is 292 g/mol. The molecule has 1 aliphatic carbocycles. The van der Waals surface area contributed by atoms with Crippen molar-refractivity contribution in [3.63, 3.8) is 0 Å². The van der Waals surface area contributed by atoms with E-state index in [9.17, 15) is 4.79 Å². The van der Waals surface area contributed by atoms with E-state index in [1.54, 1.807) is 0 Å². The molecule has 1 aliphatic rings. The third-order valence-electron chi connectivity index (χ3n) is 3.85. The Labute approximate surface area is 125 Å². The molecule has 3 nitrogen and oxygen atoms in total. The summed E-state index contributed by atoms with van der Waals surface area (Å²) in [6.07, 6.45) is 3.35. The van der Waals surface area contributed by atoms with Crippen LogP contribution in [0.4, 0.5) is 0 Å². The van der Waals surface area contributed by atoms with Gasteiger partial charge in [-0.2, -0.15) is 11.8 Å². The van der Waals surface area contributed by atoms with E-state index in [-0.39, 0.29) is 5.91 Å². The molecule has 3 atom stereocenters. The molecule has 0 spiro atoms. The van der Waals surface area contributed by atoms with Gasteiger partial charge in [0, 0.05) is 11.3 Å². The maximum Gasteiger partial charge on any atom is 0.241 e. The van der Waals surface area contributed by atoms with Gasteiger partial charge in [-0.15, -0.1) is 0 Å². The summed E-state index contributed by atoms with van der Waals surface area (Å²) in [5.74, 6) is 1.09. The quantitative estimate of drug-likeness (QED) is 0.877. The van der Waals surface area contributed by atoms with Gasteiger partial charge in [-0.3, -0.25) is 4.79 Å². The van der Waals surface area contributed by atoms with Gasteiger partial charge in [-0.1, -0.05) is 36.8 Å². The van der Waals surface area contributed by atoms with Gasteiger partial charge in [0.25, 0.3) is 0 Å². The van der Waals surface area contributed by atoms with Gasteiger partial charge in [-0.05, 0) is 37.5 Å². The Balaban J connectivity index is 1.87. The predicted molar refractivity (Wildman–Crippen MR) is 85.8 cm³/mol. The second kappa shape index (κ2) is 7.14. The molecule has 1 saturated carbocycles. The fourth-order valence-electron chi connectivity index (χ4n) is 2.67. The minimum Gasteiger partial charge on any atom is -0.352 e. The van der Waals surface area contributed by atoms with E-state index in [0.717, 1.165) is 24.2 Å². The number of thioether (sulfide) groups is 1. The minimum absolute atomic E-state index is 0.0546. The van der Waals surface area contributed by atoms with Crippen molar-refractivity contribution in [3.05, 3.63) is 35.4 Å². The molecule has 1 fully saturated rings.